The highest BCUT2D eigenvalue weighted by atomic mass is 19.1. The molecular formula is C24H33FO3. The molecule has 5 aliphatic carbocycles. The Morgan fingerprint density at radius 1 is 1.14 bits per heavy atom. The van der Waals surface area contributed by atoms with Crippen molar-refractivity contribution in [1.82, 2.24) is 0 Å². The van der Waals surface area contributed by atoms with Crippen molar-refractivity contribution in [1.29, 1.82) is 0 Å². The molecule has 1 aromatic carbocycles. The quantitative estimate of drug-likeness (QED) is 0.650. The van der Waals surface area contributed by atoms with E-state index in [1.165, 1.54) is 69.9 Å². The Balaban J connectivity index is 0.000000336. The van der Waals surface area contributed by atoms with Gasteiger partial charge in [0.25, 0.3) is 0 Å². The van der Waals surface area contributed by atoms with E-state index < -0.39 is 11.8 Å². The number of carbonyl (C=O) groups is 1. The van der Waals surface area contributed by atoms with Gasteiger partial charge < -0.3 is 9.84 Å². The first-order valence-electron chi connectivity index (χ1n) is 11.0. The van der Waals surface area contributed by atoms with Gasteiger partial charge in [-0.2, -0.15) is 0 Å². The van der Waals surface area contributed by atoms with Gasteiger partial charge in [0.2, 0.25) is 0 Å². The molecule has 6 rings (SSSR count). The number of halogens is 1. The summed E-state index contributed by atoms with van der Waals surface area (Å²) in [6, 6.07) is 2.60. The fourth-order valence-electron chi connectivity index (χ4n) is 6.21. The molecule has 154 valence electrons. The van der Waals surface area contributed by atoms with Gasteiger partial charge in [0.15, 0.2) is 0 Å². The van der Waals surface area contributed by atoms with Gasteiger partial charge in [0.1, 0.15) is 11.6 Å². The average Bonchev–Trinajstić information content (AvgIpc) is 3.46. The molecule has 3 nitrogen and oxygen atoms in total. The lowest BCUT2D eigenvalue weighted by Crippen LogP contribution is -2.48. The third-order valence-electron chi connectivity index (χ3n) is 7.47. The van der Waals surface area contributed by atoms with Crippen LogP contribution in [-0.2, 0) is 0 Å². The summed E-state index contributed by atoms with van der Waals surface area (Å²) in [6.07, 6.45) is 12.3. The molecule has 0 heterocycles. The molecule has 0 aliphatic heterocycles. The summed E-state index contributed by atoms with van der Waals surface area (Å²) in [5, 5.41) is 8.98. The van der Waals surface area contributed by atoms with E-state index in [9.17, 15) is 9.18 Å². The molecular weight excluding hydrogens is 355 g/mol. The number of benzene rings is 1. The monoisotopic (exact) mass is 388 g/mol. The second-order valence-corrected chi connectivity index (χ2v) is 9.96. The van der Waals surface area contributed by atoms with Gasteiger partial charge in [0, 0.05) is 11.5 Å². The zero-order valence-corrected chi connectivity index (χ0v) is 17.2. The van der Waals surface area contributed by atoms with Crippen LogP contribution in [0.3, 0.4) is 0 Å². The zero-order valence-electron chi connectivity index (χ0n) is 17.2. The van der Waals surface area contributed by atoms with Gasteiger partial charge in [-0.1, -0.05) is 26.2 Å². The molecule has 1 aromatic rings. The zero-order chi connectivity index (χ0) is 19.9. The number of ether oxygens (including phenoxy) is 1. The summed E-state index contributed by atoms with van der Waals surface area (Å²) in [6.45, 7) is 4.68. The van der Waals surface area contributed by atoms with E-state index >= 15 is 0 Å². The Hall–Kier alpha value is -1.58. The number of aryl methyl sites for hydroxylation is 1. The minimum Gasteiger partial charge on any atom is -0.493 e. The molecule has 0 spiro atoms. The van der Waals surface area contributed by atoms with Crippen molar-refractivity contribution >= 4 is 5.97 Å². The molecule has 5 fully saturated rings. The first-order chi connectivity index (χ1) is 13.4. The molecule has 0 unspecified atom stereocenters. The standard InChI is InChI=1S/C19H23FO3.C5H10/c1-11-2-15(18(21)22)16(20)6-17(11)23-10-19-7-12-3-13(8-19)5-14(4-12)9-19;1-2-5-3-4-5/h2,6,12-14H,3-5,7-10H2,1H3,(H,21,22);5H,2-4H2,1H3. The van der Waals surface area contributed by atoms with Gasteiger partial charge in [-0.3, -0.25) is 0 Å². The van der Waals surface area contributed by atoms with Crippen LogP contribution >= 0.6 is 0 Å². The van der Waals surface area contributed by atoms with E-state index in [1.54, 1.807) is 6.92 Å². The van der Waals surface area contributed by atoms with Crippen molar-refractivity contribution in [3.63, 3.8) is 0 Å². The first kappa shape index (κ1) is 19.7. The van der Waals surface area contributed by atoms with Gasteiger partial charge in [0.05, 0.1) is 12.2 Å². The van der Waals surface area contributed by atoms with Crippen molar-refractivity contribution in [2.45, 2.75) is 71.6 Å². The Kier molecular flexibility index (Phi) is 5.41. The summed E-state index contributed by atoms with van der Waals surface area (Å²) in [5.74, 6) is 2.24. The lowest BCUT2D eigenvalue weighted by molar-refractivity contribution is -0.0746. The highest BCUT2D eigenvalue weighted by Crippen LogP contribution is 2.60. The Morgan fingerprint density at radius 3 is 2.14 bits per heavy atom. The summed E-state index contributed by atoms with van der Waals surface area (Å²) in [7, 11) is 0. The lowest BCUT2D eigenvalue weighted by Gasteiger charge is -2.56. The van der Waals surface area contributed by atoms with Crippen LogP contribution in [0.2, 0.25) is 0 Å². The second-order valence-electron chi connectivity index (χ2n) is 9.96. The number of carboxylic acids is 1. The van der Waals surface area contributed by atoms with Crippen LogP contribution in [0.4, 0.5) is 4.39 Å². The van der Waals surface area contributed by atoms with Crippen molar-refractivity contribution in [2.75, 3.05) is 6.61 Å². The highest BCUT2D eigenvalue weighted by molar-refractivity contribution is 5.88. The van der Waals surface area contributed by atoms with Crippen molar-refractivity contribution in [2.24, 2.45) is 29.1 Å². The van der Waals surface area contributed by atoms with Gasteiger partial charge in [-0.15, -0.1) is 0 Å². The molecule has 28 heavy (non-hydrogen) atoms. The van der Waals surface area contributed by atoms with Crippen molar-refractivity contribution < 1.29 is 19.0 Å². The summed E-state index contributed by atoms with van der Waals surface area (Å²) in [4.78, 5) is 11.0. The SMILES string of the molecule is CCC1CC1.Cc1cc(C(=O)O)c(F)cc1OCC12CC3CC(CC(C3)C1)C2. The van der Waals surface area contributed by atoms with Crippen LogP contribution in [0.5, 0.6) is 5.75 Å². The lowest BCUT2D eigenvalue weighted by atomic mass is 9.50. The number of carboxylic acid groups (broad SMARTS) is 1. The second kappa shape index (κ2) is 7.68. The maximum absolute atomic E-state index is 13.9. The van der Waals surface area contributed by atoms with Crippen molar-refractivity contribution in [3.05, 3.63) is 29.1 Å². The Labute approximate surface area is 167 Å². The van der Waals surface area contributed by atoms with E-state index in [-0.39, 0.29) is 11.0 Å². The molecule has 4 bridgehead atoms. The molecule has 0 atom stereocenters. The van der Waals surface area contributed by atoms with E-state index in [1.807, 2.05) is 0 Å². The minimum atomic E-state index is -1.24. The van der Waals surface area contributed by atoms with Crippen LogP contribution in [0, 0.1) is 41.8 Å². The van der Waals surface area contributed by atoms with Crippen LogP contribution in [0.1, 0.15) is 80.6 Å². The van der Waals surface area contributed by atoms with E-state index in [4.69, 9.17) is 9.84 Å². The summed E-state index contributed by atoms with van der Waals surface area (Å²) >= 11 is 0. The Morgan fingerprint density at radius 2 is 1.71 bits per heavy atom. The third kappa shape index (κ3) is 4.21. The average molecular weight is 389 g/mol. The normalized spacial score (nSPS) is 32.6. The van der Waals surface area contributed by atoms with Gasteiger partial charge in [-0.05, 0) is 80.8 Å². The molecule has 5 saturated carbocycles. The number of rotatable bonds is 5. The maximum Gasteiger partial charge on any atom is 0.338 e. The number of hydrogen-bond donors (Lipinski definition) is 1. The van der Waals surface area contributed by atoms with Gasteiger partial charge in [-0.25, -0.2) is 9.18 Å². The topological polar surface area (TPSA) is 46.5 Å². The molecule has 4 heteroatoms. The van der Waals surface area contributed by atoms with E-state index in [2.05, 4.69) is 6.92 Å². The maximum atomic E-state index is 13.9. The first-order valence-corrected chi connectivity index (χ1v) is 11.0. The highest BCUT2D eigenvalue weighted by Gasteiger charge is 2.51. The molecule has 0 saturated heterocycles. The summed E-state index contributed by atoms with van der Waals surface area (Å²) in [5.41, 5.74) is 0.668. The largest absolute Gasteiger partial charge is 0.493 e. The van der Waals surface area contributed by atoms with Crippen LogP contribution in [0.15, 0.2) is 12.1 Å². The smallest absolute Gasteiger partial charge is 0.338 e. The van der Waals surface area contributed by atoms with E-state index in [0.717, 1.165) is 23.7 Å². The fourth-order valence-corrected chi connectivity index (χ4v) is 6.21. The minimum absolute atomic E-state index is 0.267. The van der Waals surface area contributed by atoms with E-state index in [0.29, 0.717) is 17.9 Å². The molecule has 0 amide bonds. The number of aromatic carboxylic acids is 1. The van der Waals surface area contributed by atoms with Crippen LogP contribution < -0.4 is 4.74 Å². The summed E-state index contributed by atoms with van der Waals surface area (Å²) < 4.78 is 19.9. The van der Waals surface area contributed by atoms with Gasteiger partial charge >= 0.3 is 5.97 Å². The Bertz CT molecular complexity index is 702. The van der Waals surface area contributed by atoms with Crippen LogP contribution in [0.25, 0.3) is 0 Å². The molecule has 0 aromatic heterocycles. The molecule has 1 N–H and O–H groups in total. The third-order valence-corrected chi connectivity index (χ3v) is 7.47. The predicted molar refractivity (Wildman–Crippen MR) is 107 cm³/mol. The molecule has 5 aliphatic rings. The van der Waals surface area contributed by atoms with Crippen LogP contribution in [-0.4, -0.2) is 17.7 Å². The van der Waals surface area contributed by atoms with Crippen molar-refractivity contribution in [3.8, 4) is 5.75 Å². The number of hydrogen-bond acceptors (Lipinski definition) is 2. The fraction of sp³-hybridized carbons (Fsp3) is 0.708. The predicted octanol–water partition coefficient (Wildman–Crippen LogP) is 6.23. The molecule has 0 radical (unpaired) electrons.